The molecule has 0 aromatic heterocycles. The maximum atomic E-state index is 12.2. The van der Waals surface area contributed by atoms with Gasteiger partial charge < -0.3 is 20.5 Å². The molecule has 0 spiro atoms. The summed E-state index contributed by atoms with van der Waals surface area (Å²) in [6, 6.07) is 5.07. The van der Waals surface area contributed by atoms with Gasteiger partial charge in [0, 0.05) is 18.9 Å². The summed E-state index contributed by atoms with van der Waals surface area (Å²) in [4.78, 5) is 12.2. The first-order chi connectivity index (χ1) is 9.05. The Labute approximate surface area is 129 Å². The number of hydrogen-bond donors (Lipinski definition) is 2. The number of carbonyl (C=O) groups is 1. The number of nitrogens with one attached hydrogen (secondary N) is 1. The van der Waals surface area contributed by atoms with Gasteiger partial charge in [0.05, 0.1) is 12.1 Å². The highest BCUT2D eigenvalue weighted by molar-refractivity contribution is 6.32. The Hall–Kier alpha value is -1.01. The second-order valence-corrected chi connectivity index (χ2v) is 4.98. The Balaban J connectivity index is 0.00000200. The first kappa shape index (κ1) is 17.0. The van der Waals surface area contributed by atoms with Crippen molar-refractivity contribution in [3.63, 3.8) is 0 Å². The van der Waals surface area contributed by atoms with Crippen molar-refractivity contribution < 1.29 is 14.3 Å². The molecule has 1 amide bonds. The molecule has 0 atom stereocenters. The fourth-order valence-electron chi connectivity index (χ4n) is 1.96. The molecule has 0 bridgehead atoms. The molecule has 1 aromatic carbocycles. The summed E-state index contributed by atoms with van der Waals surface area (Å²) < 4.78 is 10.3. The van der Waals surface area contributed by atoms with E-state index in [4.69, 9.17) is 26.8 Å². The minimum Gasteiger partial charge on any atom is -0.495 e. The summed E-state index contributed by atoms with van der Waals surface area (Å²) >= 11 is 6.01. The fourth-order valence-corrected chi connectivity index (χ4v) is 2.22. The summed E-state index contributed by atoms with van der Waals surface area (Å²) in [5.74, 6) is 0.352. The van der Waals surface area contributed by atoms with Crippen LogP contribution >= 0.6 is 24.0 Å². The number of anilines is 1. The van der Waals surface area contributed by atoms with Gasteiger partial charge in [-0.05, 0) is 31.0 Å². The molecule has 7 heteroatoms. The Kier molecular flexibility index (Phi) is 6.07. The molecule has 20 heavy (non-hydrogen) atoms. The molecule has 1 fully saturated rings. The van der Waals surface area contributed by atoms with Crippen LogP contribution in [0.3, 0.4) is 0 Å². The van der Waals surface area contributed by atoms with Gasteiger partial charge in [0.2, 0.25) is 5.91 Å². The molecular weight excluding hydrogens is 303 g/mol. The zero-order chi connectivity index (χ0) is 13.9. The average molecular weight is 321 g/mol. The molecule has 1 aliphatic rings. The number of amides is 1. The van der Waals surface area contributed by atoms with Gasteiger partial charge in [-0.3, -0.25) is 4.79 Å². The molecule has 0 unspecified atom stereocenters. The molecular formula is C13H18Cl2N2O3. The number of halogens is 2. The van der Waals surface area contributed by atoms with E-state index in [0.717, 1.165) is 0 Å². The number of ether oxygens (including phenoxy) is 2. The quantitative estimate of drug-likeness (QED) is 0.895. The Morgan fingerprint density at radius 3 is 2.65 bits per heavy atom. The van der Waals surface area contributed by atoms with E-state index in [1.54, 1.807) is 18.2 Å². The Morgan fingerprint density at radius 2 is 2.10 bits per heavy atom. The smallest absolute Gasteiger partial charge is 0.244 e. The van der Waals surface area contributed by atoms with Crippen molar-refractivity contribution in [2.75, 3.05) is 25.6 Å². The third kappa shape index (κ3) is 3.76. The summed E-state index contributed by atoms with van der Waals surface area (Å²) in [7, 11) is 1.54. The minimum absolute atomic E-state index is 0. The van der Waals surface area contributed by atoms with E-state index < -0.39 is 5.54 Å². The molecule has 2 rings (SSSR count). The molecule has 1 aromatic rings. The van der Waals surface area contributed by atoms with Crippen molar-refractivity contribution in [3.8, 4) is 5.75 Å². The van der Waals surface area contributed by atoms with E-state index in [1.165, 1.54) is 7.11 Å². The first-order valence-corrected chi connectivity index (χ1v) is 6.44. The molecule has 1 aliphatic heterocycles. The van der Waals surface area contributed by atoms with Crippen LogP contribution in [0.25, 0.3) is 0 Å². The normalized spacial score (nSPS) is 16.9. The van der Waals surface area contributed by atoms with Crippen LogP contribution in [0.2, 0.25) is 5.02 Å². The number of methoxy groups -OCH3 is 1. The minimum atomic E-state index is -0.870. The largest absolute Gasteiger partial charge is 0.495 e. The summed E-state index contributed by atoms with van der Waals surface area (Å²) in [6.45, 7) is 1.01. The van der Waals surface area contributed by atoms with E-state index in [9.17, 15) is 4.79 Å². The van der Waals surface area contributed by atoms with Crippen LogP contribution in [0.1, 0.15) is 12.8 Å². The molecule has 0 aliphatic carbocycles. The molecule has 5 nitrogen and oxygen atoms in total. The van der Waals surface area contributed by atoms with Gasteiger partial charge in [-0.25, -0.2) is 0 Å². The van der Waals surface area contributed by atoms with Gasteiger partial charge in [0.1, 0.15) is 11.3 Å². The number of carbonyl (C=O) groups excluding carboxylic acids is 1. The lowest BCUT2D eigenvalue weighted by Gasteiger charge is -2.31. The Bertz CT molecular complexity index is 477. The number of nitrogens with two attached hydrogens (primary N) is 1. The second-order valence-electron chi connectivity index (χ2n) is 4.57. The monoisotopic (exact) mass is 320 g/mol. The molecule has 0 saturated carbocycles. The third-order valence-electron chi connectivity index (χ3n) is 3.25. The predicted octanol–water partition coefficient (Wildman–Crippen LogP) is 2.22. The van der Waals surface area contributed by atoms with Crippen LogP contribution in [0.5, 0.6) is 5.75 Å². The van der Waals surface area contributed by atoms with Crippen molar-refractivity contribution in [2.24, 2.45) is 5.73 Å². The van der Waals surface area contributed by atoms with Crippen molar-refractivity contribution in [2.45, 2.75) is 18.4 Å². The highest BCUT2D eigenvalue weighted by atomic mass is 35.5. The van der Waals surface area contributed by atoms with E-state index in [2.05, 4.69) is 5.32 Å². The van der Waals surface area contributed by atoms with Crippen LogP contribution in [-0.4, -0.2) is 31.8 Å². The number of hydrogen-bond acceptors (Lipinski definition) is 4. The van der Waals surface area contributed by atoms with E-state index in [-0.39, 0.29) is 18.3 Å². The van der Waals surface area contributed by atoms with Gasteiger partial charge >= 0.3 is 0 Å². The number of benzene rings is 1. The van der Waals surface area contributed by atoms with Crippen LogP contribution in [0, 0.1) is 0 Å². The van der Waals surface area contributed by atoms with Crippen LogP contribution in [0.15, 0.2) is 18.2 Å². The van der Waals surface area contributed by atoms with E-state index >= 15 is 0 Å². The lowest BCUT2D eigenvalue weighted by molar-refractivity contribution is -0.124. The van der Waals surface area contributed by atoms with Gasteiger partial charge in [0.25, 0.3) is 0 Å². The van der Waals surface area contributed by atoms with Crippen LogP contribution < -0.4 is 15.8 Å². The second kappa shape index (κ2) is 7.13. The summed E-state index contributed by atoms with van der Waals surface area (Å²) in [6.07, 6.45) is 1.03. The maximum Gasteiger partial charge on any atom is 0.244 e. The van der Waals surface area contributed by atoms with Gasteiger partial charge in [0.15, 0.2) is 0 Å². The van der Waals surface area contributed by atoms with Crippen LogP contribution in [-0.2, 0) is 9.53 Å². The fraction of sp³-hybridized carbons (Fsp3) is 0.462. The molecule has 0 radical (unpaired) electrons. The highest BCUT2D eigenvalue weighted by Crippen LogP contribution is 2.28. The van der Waals surface area contributed by atoms with E-state index in [1.807, 2.05) is 0 Å². The molecule has 1 saturated heterocycles. The SMILES string of the molecule is COc1ccc(NC(=O)C2(N)CCOCC2)cc1Cl.Cl. The zero-order valence-electron chi connectivity index (χ0n) is 11.1. The molecule has 3 N–H and O–H groups in total. The molecule has 1 heterocycles. The summed E-state index contributed by atoms with van der Waals surface area (Å²) in [5.41, 5.74) is 5.83. The van der Waals surface area contributed by atoms with E-state index in [0.29, 0.717) is 42.5 Å². The zero-order valence-corrected chi connectivity index (χ0v) is 12.7. The van der Waals surface area contributed by atoms with Crippen LogP contribution in [0.4, 0.5) is 5.69 Å². The molecule has 112 valence electrons. The lowest BCUT2D eigenvalue weighted by Crippen LogP contribution is -2.54. The highest BCUT2D eigenvalue weighted by Gasteiger charge is 2.35. The van der Waals surface area contributed by atoms with Gasteiger partial charge in [-0.1, -0.05) is 11.6 Å². The topological polar surface area (TPSA) is 73.6 Å². The first-order valence-electron chi connectivity index (χ1n) is 6.07. The predicted molar refractivity (Wildman–Crippen MR) is 80.9 cm³/mol. The Morgan fingerprint density at radius 1 is 1.45 bits per heavy atom. The van der Waals surface area contributed by atoms with Gasteiger partial charge in [-0.2, -0.15) is 0 Å². The van der Waals surface area contributed by atoms with Crippen molar-refractivity contribution in [1.82, 2.24) is 0 Å². The van der Waals surface area contributed by atoms with Crippen molar-refractivity contribution in [1.29, 1.82) is 0 Å². The average Bonchev–Trinajstić information content (AvgIpc) is 2.40. The summed E-state index contributed by atoms with van der Waals surface area (Å²) in [5, 5.41) is 3.23. The lowest BCUT2D eigenvalue weighted by atomic mass is 9.90. The standard InChI is InChI=1S/C13H17ClN2O3.ClH/c1-18-11-3-2-9(8-10(11)14)16-12(17)13(15)4-6-19-7-5-13;/h2-3,8H,4-7,15H2,1H3,(H,16,17);1H. The third-order valence-corrected chi connectivity index (χ3v) is 3.54. The van der Waals surface area contributed by atoms with Gasteiger partial charge in [-0.15, -0.1) is 12.4 Å². The number of rotatable bonds is 3. The van der Waals surface area contributed by atoms with Crippen molar-refractivity contribution in [3.05, 3.63) is 23.2 Å². The van der Waals surface area contributed by atoms with Crippen molar-refractivity contribution >= 4 is 35.6 Å². The maximum absolute atomic E-state index is 12.2.